The standard InChI is InChI=1S/C4H9INO/c1-3-4-5-6(2)7/h2-4H2,1H3/q-1. The summed E-state index contributed by atoms with van der Waals surface area (Å²) in [6.07, 6.45) is 1.11. The van der Waals surface area contributed by atoms with Crippen molar-refractivity contribution in [2.24, 2.45) is 0 Å². The average Bonchev–Trinajstić information content (AvgIpc) is 1.61. The van der Waals surface area contributed by atoms with E-state index in [9.17, 15) is 5.21 Å². The van der Waals surface area contributed by atoms with Gasteiger partial charge in [0.25, 0.3) is 0 Å². The van der Waals surface area contributed by atoms with Crippen molar-refractivity contribution in [3.05, 3.63) is 5.21 Å². The predicted molar refractivity (Wildman–Crippen MR) is 25.9 cm³/mol. The van der Waals surface area contributed by atoms with Gasteiger partial charge in [0, 0.05) is 0 Å². The zero-order valence-electron chi connectivity index (χ0n) is 4.35. The maximum absolute atomic E-state index is 10.1. The molecule has 3 heteroatoms. The average molecular weight is 214 g/mol. The Bertz CT molecular complexity index is 64.7. The summed E-state index contributed by atoms with van der Waals surface area (Å²) in [5, 5.41) is 10.1. The molecule has 0 unspecified atom stereocenters. The van der Waals surface area contributed by atoms with E-state index in [1.165, 1.54) is 0 Å². The fourth-order valence-corrected chi connectivity index (χ4v) is 1.20. The third-order valence-electron chi connectivity index (χ3n) is 0.407. The van der Waals surface area contributed by atoms with Gasteiger partial charge >= 0.3 is 54.1 Å². The fourth-order valence-electron chi connectivity index (χ4n) is 0.179. The van der Waals surface area contributed by atoms with Gasteiger partial charge in [-0.05, 0) is 0 Å². The van der Waals surface area contributed by atoms with Gasteiger partial charge in [0.15, 0.2) is 0 Å². The molecular weight excluding hydrogens is 205 g/mol. The first-order chi connectivity index (χ1) is 3.27. The Balaban J connectivity index is 2.82. The number of hydrogen-bond acceptors (Lipinski definition) is 1. The first kappa shape index (κ1) is 7.20. The van der Waals surface area contributed by atoms with Crippen LogP contribution in [0.2, 0.25) is 0 Å². The first-order valence-electron chi connectivity index (χ1n) is 2.14. The fraction of sp³-hybridized carbons (Fsp3) is 0.750. The summed E-state index contributed by atoms with van der Waals surface area (Å²) < 4.78 is 1.88. The van der Waals surface area contributed by atoms with Crippen molar-refractivity contribution < 1.29 is 24.4 Å². The molecule has 0 aliphatic carbocycles. The van der Waals surface area contributed by atoms with E-state index in [1.807, 2.05) is 0 Å². The molecule has 0 aliphatic heterocycles. The molecule has 0 aromatic carbocycles. The zero-order chi connectivity index (χ0) is 5.70. The monoisotopic (exact) mass is 214 g/mol. The van der Waals surface area contributed by atoms with Gasteiger partial charge in [-0.15, -0.1) is 0 Å². The van der Waals surface area contributed by atoms with Crippen LogP contribution in [0.4, 0.5) is 0 Å². The van der Waals surface area contributed by atoms with Crippen LogP contribution in [-0.2, 0) is 0 Å². The minimum absolute atomic E-state index is 0.268. The molecule has 2 nitrogen and oxygen atoms in total. The van der Waals surface area contributed by atoms with E-state index < -0.39 is 0 Å². The molecule has 0 saturated carbocycles. The van der Waals surface area contributed by atoms with Crippen LogP contribution in [0.1, 0.15) is 13.3 Å². The van der Waals surface area contributed by atoms with Crippen molar-refractivity contribution in [1.82, 2.24) is 0 Å². The van der Waals surface area contributed by atoms with E-state index in [0.29, 0.717) is 0 Å². The first-order valence-corrected chi connectivity index (χ1v) is 4.63. The SMILES string of the molecule is C=[N+]([O-])[I-]CCC. The van der Waals surface area contributed by atoms with Crippen LogP contribution in [0.25, 0.3) is 0 Å². The molecule has 0 spiro atoms. The number of nitrogens with zero attached hydrogens (tertiary/aromatic N) is 1. The van der Waals surface area contributed by atoms with Crippen LogP contribution < -0.4 is 21.5 Å². The molecule has 7 heavy (non-hydrogen) atoms. The third kappa shape index (κ3) is 6.20. The van der Waals surface area contributed by atoms with Crippen LogP contribution in [0, 0.1) is 5.21 Å². The summed E-state index contributed by atoms with van der Waals surface area (Å²) in [4.78, 5) is 0. The van der Waals surface area contributed by atoms with Crippen molar-refractivity contribution >= 4 is 6.72 Å². The second-order valence-electron chi connectivity index (χ2n) is 1.13. The topological polar surface area (TPSA) is 26.1 Å². The van der Waals surface area contributed by atoms with Gasteiger partial charge in [-0.1, -0.05) is 0 Å². The third-order valence-corrected chi connectivity index (χ3v) is 2.73. The van der Waals surface area contributed by atoms with E-state index in [-0.39, 0.29) is 21.5 Å². The predicted octanol–water partition coefficient (Wildman–Crippen LogP) is -2.39. The summed E-state index contributed by atoms with van der Waals surface area (Å²) in [7, 11) is 0. The molecule has 0 aromatic heterocycles. The van der Waals surface area contributed by atoms with Gasteiger partial charge in [0.1, 0.15) is 0 Å². The Morgan fingerprint density at radius 3 is 2.57 bits per heavy atom. The van der Waals surface area contributed by atoms with Crippen LogP contribution in [0.15, 0.2) is 0 Å². The van der Waals surface area contributed by atoms with Gasteiger partial charge in [0.05, 0.1) is 0 Å². The molecular formula is C4H9INO-. The molecule has 0 saturated heterocycles. The van der Waals surface area contributed by atoms with E-state index in [2.05, 4.69) is 13.6 Å². The van der Waals surface area contributed by atoms with E-state index >= 15 is 0 Å². The van der Waals surface area contributed by atoms with Gasteiger partial charge in [0.2, 0.25) is 0 Å². The van der Waals surface area contributed by atoms with E-state index in [1.54, 1.807) is 0 Å². The summed E-state index contributed by atoms with van der Waals surface area (Å²) in [5.41, 5.74) is 0. The Kier molecular flexibility index (Phi) is 4.49. The Morgan fingerprint density at radius 2 is 2.43 bits per heavy atom. The Labute approximate surface area is 54.4 Å². The van der Waals surface area contributed by atoms with Crippen molar-refractivity contribution in [2.75, 3.05) is 4.43 Å². The number of hydrogen-bond donors (Lipinski definition) is 0. The zero-order valence-corrected chi connectivity index (χ0v) is 6.51. The normalized spacial score (nSPS) is 9.29. The molecule has 0 fully saturated rings. The molecule has 0 rings (SSSR count). The Hall–Kier alpha value is 0.200. The molecule has 0 radical (unpaired) electrons. The number of halogens is 1. The summed E-state index contributed by atoms with van der Waals surface area (Å²) in [6.45, 7) is 5.28. The number of alkyl halides is 1. The summed E-state index contributed by atoms with van der Waals surface area (Å²) >= 11 is -0.268. The summed E-state index contributed by atoms with van der Waals surface area (Å²) in [5.74, 6) is 0. The minimum atomic E-state index is -0.268. The maximum atomic E-state index is 10.1. The van der Waals surface area contributed by atoms with E-state index in [4.69, 9.17) is 0 Å². The van der Waals surface area contributed by atoms with Gasteiger partial charge in [-0.3, -0.25) is 0 Å². The van der Waals surface area contributed by atoms with Gasteiger partial charge < -0.3 is 0 Å². The molecule has 0 aliphatic rings. The van der Waals surface area contributed by atoms with Crippen molar-refractivity contribution in [2.45, 2.75) is 13.3 Å². The summed E-state index contributed by atoms with van der Waals surface area (Å²) in [6, 6.07) is 0. The Morgan fingerprint density at radius 1 is 1.86 bits per heavy atom. The molecule has 0 heterocycles. The van der Waals surface area contributed by atoms with E-state index in [0.717, 1.165) is 13.8 Å². The van der Waals surface area contributed by atoms with Crippen molar-refractivity contribution in [3.8, 4) is 0 Å². The van der Waals surface area contributed by atoms with Crippen molar-refractivity contribution in [3.63, 3.8) is 0 Å². The molecule has 0 atom stereocenters. The molecule has 0 N–H and O–H groups in total. The van der Waals surface area contributed by atoms with Crippen LogP contribution in [-0.4, -0.2) is 14.1 Å². The van der Waals surface area contributed by atoms with Crippen molar-refractivity contribution in [1.29, 1.82) is 0 Å². The quantitative estimate of drug-likeness (QED) is 0.128. The molecule has 0 aromatic rings. The second kappa shape index (κ2) is 4.36. The molecule has 44 valence electrons. The number of rotatable bonds is 3. The van der Waals surface area contributed by atoms with Crippen LogP contribution in [0.5, 0.6) is 0 Å². The van der Waals surface area contributed by atoms with Crippen LogP contribution in [0.3, 0.4) is 0 Å². The van der Waals surface area contributed by atoms with Gasteiger partial charge in [-0.25, -0.2) is 0 Å². The molecule has 0 amide bonds. The molecule has 0 bridgehead atoms. The van der Waals surface area contributed by atoms with Crippen LogP contribution >= 0.6 is 0 Å². The second-order valence-corrected chi connectivity index (χ2v) is 3.96. The van der Waals surface area contributed by atoms with Gasteiger partial charge in [-0.2, -0.15) is 0 Å².